The summed E-state index contributed by atoms with van der Waals surface area (Å²) in [4.78, 5) is 13.0. The average Bonchev–Trinajstić information content (AvgIpc) is 2.16. The van der Waals surface area contributed by atoms with Gasteiger partial charge < -0.3 is 5.73 Å². The molecule has 5 nitrogen and oxygen atoms in total. The molecule has 0 saturated heterocycles. The molecule has 0 unspecified atom stereocenters. The summed E-state index contributed by atoms with van der Waals surface area (Å²) >= 11 is 2.95. The summed E-state index contributed by atoms with van der Waals surface area (Å²) in [7, 11) is 0. The number of rotatable bonds is 3. The molecule has 0 bridgehead atoms. The second kappa shape index (κ2) is 4.47. The van der Waals surface area contributed by atoms with Crippen LogP contribution in [-0.2, 0) is 5.33 Å². The third-order valence-corrected chi connectivity index (χ3v) is 2.30. The van der Waals surface area contributed by atoms with E-state index >= 15 is 0 Å². The lowest BCUT2D eigenvalue weighted by Crippen LogP contribution is -2.05. The van der Waals surface area contributed by atoms with Crippen LogP contribution in [0.4, 0.5) is 20.2 Å². The van der Waals surface area contributed by atoms with Gasteiger partial charge in [0, 0.05) is 5.33 Å². The van der Waals surface area contributed by atoms with Gasteiger partial charge in [-0.05, 0) is 0 Å². The van der Waals surface area contributed by atoms with Crippen molar-refractivity contribution in [3.63, 3.8) is 0 Å². The first-order chi connectivity index (χ1) is 6.99. The van der Waals surface area contributed by atoms with Crippen LogP contribution in [0.1, 0.15) is 17.7 Å². The van der Waals surface area contributed by atoms with E-state index in [1.54, 1.807) is 0 Å². The third kappa shape index (κ3) is 2.20. The van der Waals surface area contributed by atoms with E-state index in [4.69, 9.17) is 5.73 Å². The van der Waals surface area contributed by atoms with E-state index in [2.05, 4.69) is 20.9 Å². The lowest BCUT2D eigenvalue weighted by molar-refractivity contribution is -0.387. The Kier molecular flexibility index (Phi) is 3.51. The number of hydrogen-bond acceptors (Lipinski definition) is 4. The largest absolute Gasteiger partial charge is 0.397 e. The van der Waals surface area contributed by atoms with Crippen LogP contribution in [-0.4, -0.2) is 9.91 Å². The minimum atomic E-state index is -3.00. The summed E-state index contributed by atoms with van der Waals surface area (Å²) in [6, 6.07) is 0. The van der Waals surface area contributed by atoms with Gasteiger partial charge in [-0.15, -0.1) is 0 Å². The number of alkyl halides is 3. The molecule has 0 aliphatic rings. The normalized spacial score (nSPS) is 10.7. The van der Waals surface area contributed by atoms with E-state index in [0.29, 0.717) is 0 Å². The zero-order valence-corrected chi connectivity index (χ0v) is 8.87. The zero-order valence-electron chi connectivity index (χ0n) is 7.28. The minimum absolute atomic E-state index is 0.0166. The Morgan fingerprint density at radius 1 is 1.67 bits per heavy atom. The summed E-state index contributed by atoms with van der Waals surface area (Å²) in [6.07, 6.45) is -2.01. The molecule has 1 rings (SSSR count). The van der Waals surface area contributed by atoms with E-state index in [1.165, 1.54) is 0 Å². The molecule has 82 valence electrons. The molecule has 1 heterocycles. The SMILES string of the molecule is Nc1cnc(C(F)F)c([N+](=O)[O-])c1CBr. The van der Waals surface area contributed by atoms with Crippen molar-refractivity contribution in [2.75, 3.05) is 5.73 Å². The smallest absolute Gasteiger partial charge is 0.302 e. The van der Waals surface area contributed by atoms with Crippen molar-refractivity contribution in [1.29, 1.82) is 0 Å². The molecule has 1 aromatic heterocycles. The van der Waals surface area contributed by atoms with E-state index in [0.717, 1.165) is 6.20 Å². The molecule has 0 radical (unpaired) electrons. The van der Waals surface area contributed by atoms with Gasteiger partial charge in [0.25, 0.3) is 6.43 Å². The van der Waals surface area contributed by atoms with Gasteiger partial charge in [0.05, 0.1) is 22.4 Å². The summed E-state index contributed by atoms with van der Waals surface area (Å²) in [5, 5.41) is 10.6. The molecule has 2 N–H and O–H groups in total. The lowest BCUT2D eigenvalue weighted by Gasteiger charge is -2.06. The van der Waals surface area contributed by atoms with Crippen molar-refractivity contribution in [1.82, 2.24) is 4.98 Å². The van der Waals surface area contributed by atoms with Gasteiger partial charge >= 0.3 is 5.69 Å². The van der Waals surface area contributed by atoms with Crippen LogP contribution in [0.25, 0.3) is 0 Å². The molecule has 8 heteroatoms. The molecule has 0 amide bonds. The van der Waals surface area contributed by atoms with Crippen molar-refractivity contribution >= 4 is 27.3 Å². The fourth-order valence-corrected chi connectivity index (χ4v) is 1.66. The van der Waals surface area contributed by atoms with E-state index < -0.39 is 22.7 Å². The van der Waals surface area contributed by atoms with Gasteiger partial charge in [-0.25, -0.2) is 13.8 Å². The zero-order chi connectivity index (χ0) is 11.6. The summed E-state index contributed by atoms with van der Waals surface area (Å²) < 4.78 is 24.8. The summed E-state index contributed by atoms with van der Waals surface area (Å²) in [6.45, 7) is 0. The van der Waals surface area contributed by atoms with Crippen molar-refractivity contribution in [3.05, 3.63) is 27.6 Å². The first-order valence-electron chi connectivity index (χ1n) is 3.74. The van der Waals surface area contributed by atoms with Crippen LogP contribution in [0.2, 0.25) is 0 Å². The number of nitrogen functional groups attached to an aromatic ring is 1. The monoisotopic (exact) mass is 281 g/mol. The molecule has 0 spiro atoms. The maximum absolute atomic E-state index is 12.4. The van der Waals surface area contributed by atoms with Crippen LogP contribution < -0.4 is 5.73 Å². The van der Waals surface area contributed by atoms with E-state index in [-0.39, 0.29) is 16.6 Å². The molecule has 0 aliphatic carbocycles. The number of anilines is 1. The summed E-state index contributed by atoms with van der Waals surface area (Å²) in [5.41, 5.74) is 3.85. The predicted octanol–water partition coefficient (Wildman–Crippen LogP) is 2.40. The molecule has 15 heavy (non-hydrogen) atoms. The highest BCUT2D eigenvalue weighted by Crippen LogP contribution is 2.34. The second-order valence-corrected chi connectivity index (χ2v) is 3.18. The number of halogens is 3. The minimum Gasteiger partial charge on any atom is -0.397 e. The van der Waals surface area contributed by atoms with Crippen molar-refractivity contribution < 1.29 is 13.7 Å². The molecule has 0 aromatic carbocycles. The Morgan fingerprint density at radius 3 is 2.67 bits per heavy atom. The van der Waals surface area contributed by atoms with Crippen molar-refractivity contribution in [2.24, 2.45) is 0 Å². The Morgan fingerprint density at radius 2 is 2.27 bits per heavy atom. The van der Waals surface area contributed by atoms with Crippen LogP contribution in [0.15, 0.2) is 6.20 Å². The molecule has 0 fully saturated rings. The molecule has 0 aliphatic heterocycles. The predicted molar refractivity (Wildman–Crippen MR) is 52.9 cm³/mol. The topological polar surface area (TPSA) is 82.0 Å². The highest BCUT2D eigenvalue weighted by Gasteiger charge is 2.28. The first-order valence-corrected chi connectivity index (χ1v) is 4.87. The van der Waals surface area contributed by atoms with E-state index in [9.17, 15) is 18.9 Å². The number of nitrogens with two attached hydrogens (primary N) is 1. The van der Waals surface area contributed by atoms with E-state index in [1.807, 2.05) is 0 Å². The van der Waals surface area contributed by atoms with Crippen molar-refractivity contribution in [2.45, 2.75) is 11.8 Å². The average molecular weight is 282 g/mol. The number of aromatic nitrogens is 1. The van der Waals surface area contributed by atoms with Gasteiger partial charge in [-0.2, -0.15) is 0 Å². The van der Waals surface area contributed by atoms with Gasteiger partial charge in [-0.3, -0.25) is 10.1 Å². The number of hydrogen-bond donors (Lipinski definition) is 1. The maximum atomic E-state index is 12.4. The Balaban J connectivity index is 3.49. The molecular weight excluding hydrogens is 276 g/mol. The van der Waals surface area contributed by atoms with Crippen LogP contribution in [0.5, 0.6) is 0 Å². The molecule has 0 atom stereocenters. The highest BCUT2D eigenvalue weighted by molar-refractivity contribution is 9.08. The second-order valence-electron chi connectivity index (χ2n) is 2.62. The third-order valence-electron chi connectivity index (χ3n) is 1.74. The first kappa shape index (κ1) is 11.8. The van der Waals surface area contributed by atoms with Gasteiger partial charge in [0.1, 0.15) is 0 Å². The van der Waals surface area contributed by atoms with Gasteiger partial charge in [-0.1, -0.05) is 15.9 Å². The van der Waals surface area contributed by atoms with Gasteiger partial charge in [0.2, 0.25) is 0 Å². The number of nitrogens with zero attached hydrogens (tertiary/aromatic N) is 2. The Hall–Kier alpha value is -1.31. The molecule has 1 aromatic rings. The highest BCUT2D eigenvalue weighted by atomic mass is 79.9. The number of pyridine rings is 1. The van der Waals surface area contributed by atoms with Gasteiger partial charge in [0.15, 0.2) is 5.69 Å². The number of nitro groups is 1. The standard InChI is InChI=1S/C7H6BrF2N3O2/c8-1-3-4(11)2-12-5(7(9)10)6(3)13(14)15/h2,7H,1,11H2. The quantitative estimate of drug-likeness (QED) is 0.524. The fraction of sp³-hybridized carbons (Fsp3) is 0.286. The Bertz CT molecular complexity index is 400. The summed E-state index contributed by atoms with van der Waals surface area (Å²) in [5.74, 6) is 0. The molecule has 0 saturated carbocycles. The van der Waals surface area contributed by atoms with Crippen molar-refractivity contribution in [3.8, 4) is 0 Å². The Labute approximate surface area is 91.6 Å². The lowest BCUT2D eigenvalue weighted by atomic mass is 10.1. The van der Waals surface area contributed by atoms with Crippen LogP contribution in [0, 0.1) is 10.1 Å². The van der Waals surface area contributed by atoms with Crippen LogP contribution in [0.3, 0.4) is 0 Å². The maximum Gasteiger partial charge on any atom is 0.302 e. The molecular formula is C7H6BrF2N3O2. The van der Waals surface area contributed by atoms with Crippen LogP contribution >= 0.6 is 15.9 Å². The fourth-order valence-electron chi connectivity index (χ4n) is 1.07.